The molecule has 2 aromatic heterocycles. The number of ether oxygens (including phenoxy) is 1. The molecule has 32 heavy (non-hydrogen) atoms. The second-order valence-electron chi connectivity index (χ2n) is 7.60. The number of hydrogen-bond acceptors (Lipinski definition) is 5. The van der Waals surface area contributed by atoms with E-state index in [4.69, 9.17) is 9.84 Å². The van der Waals surface area contributed by atoms with Gasteiger partial charge in [0.15, 0.2) is 0 Å². The number of rotatable bonds is 6. The van der Waals surface area contributed by atoms with E-state index in [1.54, 1.807) is 18.3 Å². The Balaban J connectivity index is 1.97. The number of aromatic nitrogens is 4. The molecule has 2 heterocycles. The Morgan fingerprint density at radius 1 is 1.12 bits per heavy atom. The minimum Gasteiger partial charge on any atom is -0.497 e. The molecule has 4 rings (SSSR count). The first-order valence-electron chi connectivity index (χ1n) is 10.1. The molecule has 2 aromatic carbocycles. The lowest BCUT2D eigenvalue weighted by Crippen LogP contribution is -2.08. The lowest BCUT2D eigenvalue weighted by molar-refractivity contribution is 0.0697. The van der Waals surface area contributed by atoms with Gasteiger partial charge in [0.1, 0.15) is 17.4 Å². The molecule has 0 amide bonds. The van der Waals surface area contributed by atoms with E-state index in [-0.39, 0.29) is 5.56 Å². The van der Waals surface area contributed by atoms with E-state index in [0.717, 1.165) is 34.0 Å². The standard InChI is InChI=1S/C24H25N5O3/c1-14-8-6-7-9-20(14)29-23(22(15(2)27-29)21-13-25-16(3)28(21)4)26-19-11-10-17(32-5)12-18(19)24(30)31/h6-13,26H,1-5H3,(H,30,31). The van der Waals surface area contributed by atoms with E-state index >= 15 is 0 Å². The van der Waals surface area contributed by atoms with Crippen molar-refractivity contribution in [2.75, 3.05) is 12.4 Å². The maximum absolute atomic E-state index is 12.0. The second-order valence-corrected chi connectivity index (χ2v) is 7.60. The third kappa shape index (κ3) is 3.60. The zero-order valence-corrected chi connectivity index (χ0v) is 18.7. The number of para-hydroxylation sites is 1. The van der Waals surface area contributed by atoms with E-state index in [2.05, 4.69) is 10.3 Å². The number of hydrogen-bond donors (Lipinski definition) is 2. The summed E-state index contributed by atoms with van der Waals surface area (Å²) in [6.45, 7) is 5.88. The van der Waals surface area contributed by atoms with Crippen molar-refractivity contribution in [3.63, 3.8) is 0 Å². The van der Waals surface area contributed by atoms with Crippen LogP contribution in [-0.4, -0.2) is 37.5 Å². The lowest BCUT2D eigenvalue weighted by atomic mass is 10.1. The second kappa shape index (κ2) is 8.22. The van der Waals surface area contributed by atoms with Gasteiger partial charge in [-0.3, -0.25) is 0 Å². The summed E-state index contributed by atoms with van der Waals surface area (Å²) in [7, 11) is 3.45. The molecule has 4 aromatic rings. The first-order valence-corrected chi connectivity index (χ1v) is 10.1. The maximum Gasteiger partial charge on any atom is 0.337 e. The van der Waals surface area contributed by atoms with Crippen LogP contribution in [0.25, 0.3) is 16.9 Å². The largest absolute Gasteiger partial charge is 0.497 e. The zero-order valence-electron chi connectivity index (χ0n) is 18.7. The summed E-state index contributed by atoms with van der Waals surface area (Å²) in [5, 5.41) is 18.0. The Hall–Kier alpha value is -4.07. The van der Waals surface area contributed by atoms with Crippen LogP contribution in [0.3, 0.4) is 0 Å². The number of carboxylic acids is 1. The Morgan fingerprint density at radius 3 is 2.50 bits per heavy atom. The summed E-state index contributed by atoms with van der Waals surface area (Å²) in [6.07, 6.45) is 1.80. The molecule has 0 radical (unpaired) electrons. The van der Waals surface area contributed by atoms with Crippen molar-refractivity contribution >= 4 is 17.5 Å². The average Bonchev–Trinajstić information content (AvgIpc) is 3.26. The number of nitrogens with one attached hydrogen (secondary N) is 1. The minimum atomic E-state index is -1.05. The molecule has 0 aliphatic rings. The Bertz CT molecular complexity index is 1320. The van der Waals surface area contributed by atoms with Crippen molar-refractivity contribution in [1.29, 1.82) is 0 Å². The number of methoxy groups -OCH3 is 1. The molecule has 164 valence electrons. The van der Waals surface area contributed by atoms with Gasteiger partial charge < -0.3 is 19.7 Å². The van der Waals surface area contributed by atoms with Crippen molar-refractivity contribution < 1.29 is 14.6 Å². The van der Waals surface area contributed by atoms with Gasteiger partial charge in [0.2, 0.25) is 0 Å². The molecule has 0 saturated carbocycles. The highest BCUT2D eigenvalue weighted by Crippen LogP contribution is 2.37. The maximum atomic E-state index is 12.0. The molecule has 0 aliphatic heterocycles. The van der Waals surface area contributed by atoms with Crippen LogP contribution in [0.1, 0.15) is 27.4 Å². The van der Waals surface area contributed by atoms with E-state index in [9.17, 15) is 9.90 Å². The summed E-state index contributed by atoms with van der Waals surface area (Å²) < 4.78 is 9.02. The lowest BCUT2D eigenvalue weighted by Gasteiger charge is -2.16. The van der Waals surface area contributed by atoms with Crippen LogP contribution in [0.2, 0.25) is 0 Å². The Morgan fingerprint density at radius 2 is 1.88 bits per heavy atom. The molecule has 0 fully saturated rings. The molecule has 8 nitrogen and oxygen atoms in total. The SMILES string of the molecule is COc1ccc(Nc2c(-c3cnc(C)n3C)c(C)nn2-c2ccccc2C)c(C(=O)O)c1. The molecule has 0 bridgehead atoms. The van der Waals surface area contributed by atoms with Gasteiger partial charge in [-0.15, -0.1) is 0 Å². The fourth-order valence-electron chi connectivity index (χ4n) is 3.72. The van der Waals surface area contributed by atoms with Crippen molar-refractivity contribution in [2.45, 2.75) is 20.8 Å². The van der Waals surface area contributed by atoms with Crippen molar-refractivity contribution in [1.82, 2.24) is 19.3 Å². The number of carboxylic acid groups (broad SMARTS) is 1. The Labute approximate surface area is 186 Å². The normalized spacial score (nSPS) is 10.9. The highest BCUT2D eigenvalue weighted by molar-refractivity contribution is 5.96. The highest BCUT2D eigenvalue weighted by Gasteiger charge is 2.23. The number of aromatic carboxylic acids is 1. The zero-order chi connectivity index (χ0) is 23.0. The Kier molecular flexibility index (Phi) is 5.44. The minimum absolute atomic E-state index is 0.103. The quantitative estimate of drug-likeness (QED) is 0.462. The van der Waals surface area contributed by atoms with E-state index in [1.165, 1.54) is 13.2 Å². The van der Waals surface area contributed by atoms with Gasteiger partial charge in [0, 0.05) is 7.05 Å². The van der Waals surface area contributed by atoms with E-state index < -0.39 is 5.97 Å². The van der Waals surface area contributed by atoms with Crippen molar-refractivity contribution in [3.8, 4) is 22.7 Å². The monoisotopic (exact) mass is 431 g/mol. The summed E-state index contributed by atoms with van der Waals surface area (Å²) in [5.74, 6) is 0.944. The fourth-order valence-corrected chi connectivity index (χ4v) is 3.72. The summed E-state index contributed by atoms with van der Waals surface area (Å²) >= 11 is 0. The van der Waals surface area contributed by atoms with Crippen LogP contribution < -0.4 is 10.1 Å². The van der Waals surface area contributed by atoms with Crippen LogP contribution in [0.4, 0.5) is 11.5 Å². The van der Waals surface area contributed by atoms with Gasteiger partial charge in [0.05, 0.1) is 47.2 Å². The third-order valence-electron chi connectivity index (χ3n) is 5.59. The molecule has 2 N–H and O–H groups in total. The number of carbonyl (C=O) groups is 1. The van der Waals surface area contributed by atoms with Crippen LogP contribution in [0.5, 0.6) is 5.75 Å². The molecular formula is C24H25N5O3. The van der Waals surface area contributed by atoms with Crippen LogP contribution in [0, 0.1) is 20.8 Å². The van der Waals surface area contributed by atoms with Gasteiger partial charge in [-0.25, -0.2) is 14.5 Å². The van der Waals surface area contributed by atoms with Crippen molar-refractivity contribution in [3.05, 3.63) is 71.3 Å². The average molecular weight is 431 g/mol. The van der Waals surface area contributed by atoms with Crippen molar-refractivity contribution in [2.24, 2.45) is 7.05 Å². The van der Waals surface area contributed by atoms with Gasteiger partial charge in [-0.1, -0.05) is 18.2 Å². The summed E-state index contributed by atoms with van der Waals surface area (Å²) in [4.78, 5) is 16.4. The predicted molar refractivity (Wildman–Crippen MR) is 123 cm³/mol. The van der Waals surface area contributed by atoms with Gasteiger partial charge in [0.25, 0.3) is 0 Å². The summed E-state index contributed by atoms with van der Waals surface area (Å²) in [6, 6.07) is 12.8. The van der Waals surface area contributed by atoms with E-state index in [1.807, 2.05) is 61.3 Å². The molecule has 0 unspecified atom stereocenters. The number of anilines is 2. The first kappa shape index (κ1) is 21.2. The van der Waals surface area contributed by atoms with Gasteiger partial charge in [-0.2, -0.15) is 5.10 Å². The smallest absolute Gasteiger partial charge is 0.337 e. The molecule has 0 spiro atoms. The molecule has 0 atom stereocenters. The van der Waals surface area contributed by atoms with Gasteiger partial charge in [-0.05, 0) is 50.6 Å². The molecule has 8 heteroatoms. The molecule has 0 saturated heterocycles. The topological polar surface area (TPSA) is 94.2 Å². The van der Waals surface area contributed by atoms with Crippen LogP contribution in [0.15, 0.2) is 48.7 Å². The molecule has 0 aliphatic carbocycles. The fraction of sp³-hybridized carbons (Fsp3) is 0.208. The highest BCUT2D eigenvalue weighted by atomic mass is 16.5. The number of imidazole rings is 1. The molecular weight excluding hydrogens is 406 g/mol. The van der Waals surface area contributed by atoms with Crippen LogP contribution >= 0.6 is 0 Å². The predicted octanol–water partition coefficient (Wildman–Crippen LogP) is 4.65. The van der Waals surface area contributed by atoms with E-state index in [0.29, 0.717) is 17.3 Å². The first-order chi connectivity index (χ1) is 15.3. The van der Waals surface area contributed by atoms with Crippen LogP contribution in [-0.2, 0) is 7.05 Å². The summed E-state index contributed by atoms with van der Waals surface area (Å²) in [5.41, 5.74) is 5.01. The third-order valence-corrected chi connectivity index (χ3v) is 5.59. The number of aryl methyl sites for hydroxylation is 3. The number of nitrogens with zero attached hydrogens (tertiary/aromatic N) is 4. The number of benzene rings is 2. The van der Waals surface area contributed by atoms with Gasteiger partial charge >= 0.3 is 5.97 Å².